The molecule has 0 saturated heterocycles. The standard InChI is InChI=1S/C17H19BrN4O3S/c1-9(2)8-21-14-6-5-12(18)7-13(14)17(15(21)25)22(11(4)24)20-16(26-17)19-10(3)23/h5-7,9H,8H2,1-4H3,(H,19,20,23)/t17-/m1/s1. The number of nitrogens with one attached hydrogen (secondary N) is 1. The Kier molecular flexibility index (Phi) is 4.87. The Bertz CT molecular complexity index is 841. The van der Waals surface area contributed by atoms with E-state index in [0.717, 1.165) is 21.9 Å². The molecule has 1 atom stereocenters. The predicted octanol–water partition coefficient (Wildman–Crippen LogP) is 2.61. The number of rotatable bonds is 2. The Morgan fingerprint density at radius 3 is 2.62 bits per heavy atom. The van der Waals surface area contributed by atoms with Crippen molar-refractivity contribution in [3.05, 3.63) is 28.2 Å². The van der Waals surface area contributed by atoms with E-state index in [1.54, 1.807) is 4.90 Å². The van der Waals surface area contributed by atoms with Crippen LogP contribution in [-0.4, -0.2) is 34.4 Å². The highest BCUT2D eigenvalue weighted by atomic mass is 79.9. The van der Waals surface area contributed by atoms with E-state index >= 15 is 0 Å². The van der Waals surface area contributed by atoms with E-state index in [0.29, 0.717) is 12.1 Å². The fourth-order valence-corrected chi connectivity index (χ4v) is 4.82. The molecule has 7 nitrogen and oxygen atoms in total. The third-order valence-electron chi connectivity index (χ3n) is 4.01. The van der Waals surface area contributed by atoms with E-state index in [-0.39, 0.29) is 28.8 Å². The van der Waals surface area contributed by atoms with Crippen LogP contribution in [-0.2, 0) is 19.3 Å². The Hall–Kier alpha value is -1.87. The van der Waals surface area contributed by atoms with Crippen LogP contribution < -0.4 is 10.2 Å². The van der Waals surface area contributed by atoms with Gasteiger partial charge in [-0.3, -0.25) is 14.4 Å². The van der Waals surface area contributed by atoms with Crippen LogP contribution in [0.15, 0.2) is 27.8 Å². The summed E-state index contributed by atoms with van der Waals surface area (Å²) in [6.45, 7) is 7.30. The maximum Gasteiger partial charge on any atom is 0.270 e. The Morgan fingerprint density at radius 2 is 2.04 bits per heavy atom. The van der Waals surface area contributed by atoms with Crippen LogP contribution in [0.1, 0.15) is 33.3 Å². The van der Waals surface area contributed by atoms with Gasteiger partial charge in [0.2, 0.25) is 16.7 Å². The molecular formula is C17H19BrN4O3S. The van der Waals surface area contributed by atoms with Crippen molar-refractivity contribution in [2.45, 2.75) is 32.6 Å². The molecule has 2 aliphatic rings. The largest absolute Gasteiger partial charge is 0.309 e. The molecular weight excluding hydrogens is 420 g/mol. The first-order valence-corrected chi connectivity index (χ1v) is 9.75. The Morgan fingerprint density at radius 1 is 1.35 bits per heavy atom. The molecule has 0 aromatic heterocycles. The van der Waals surface area contributed by atoms with Crippen molar-refractivity contribution in [2.75, 3.05) is 11.4 Å². The molecule has 1 aromatic carbocycles. The number of thioether (sulfide) groups is 1. The lowest BCUT2D eigenvalue weighted by atomic mass is 10.1. The van der Waals surface area contributed by atoms with Gasteiger partial charge in [0.15, 0.2) is 5.17 Å². The van der Waals surface area contributed by atoms with Crippen LogP contribution in [0.5, 0.6) is 0 Å². The van der Waals surface area contributed by atoms with E-state index in [1.165, 1.54) is 18.9 Å². The summed E-state index contributed by atoms with van der Waals surface area (Å²) in [5.74, 6) is -0.665. The number of hydrazone groups is 1. The second-order valence-corrected chi connectivity index (χ2v) is 8.73. The molecule has 3 rings (SSSR count). The van der Waals surface area contributed by atoms with Gasteiger partial charge in [-0.05, 0) is 35.9 Å². The number of amidine groups is 1. The fourth-order valence-electron chi connectivity index (χ4n) is 3.13. The maximum atomic E-state index is 13.5. The summed E-state index contributed by atoms with van der Waals surface area (Å²) in [7, 11) is 0. The number of anilines is 1. The topological polar surface area (TPSA) is 82.1 Å². The van der Waals surface area contributed by atoms with E-state index in [9.17, 15) is 14.4 Å². The SMILES string of the molecule is CC(=O)NC1=NN(C(C)=O)[C@]2(S1)C(=O)N(CC(C)C)c1ccc(Br)cc12. The summed E-state index contributed by atoms with van der Waals surface area (Å²) in [6.07, 6.45) is 0. The highest BCUT2D eigenvalue weighted by Gasteiger charge is 2.61. The number of hydrogen-bond donors (Lipinski definition) is 1. The van der Waals surface area contributed by atoms with Crippen molar-refractivity contribution in [2.24, 2.45) is 11.0 Å². The Labute approximate surface area is 164 Å². The zero-order valence-corrected chi connectivity index (χ0v) is 17.3. The molecule has 1 aromatic rings. The average molecular weight is 439 g/mol. The van der Waals surface area contributed by atoms with E-state index in [2.05, 4.69) is 26.3 Å². The van der Waals surface area contributed by atoms with E-state index < -0.39 is 4.87 Å². The summed E-state index contributed by atoms with van der Waals surface area (Å²) < 4.78 is 0.798. The first-order valence-electron chi connectivity index (χ1n) is 8.14. The third kappa shape index (κ3) is 2.92. The molecule has 1 N–H and O–H groups in total. The van der Waals surface area contributed by atoms with Crippen LogP contribution in [0.3, 0.4) is 0 Å². The van der Waals surface area contributed by atoms with E-state index in [1.807, 2.05) is 32.0 Å². The number of amides is 3. The number of fused-ring (bicyclic) bond motifs is 2. The fraction of sp³-hybridized carbons (Fsp3) is 0.412. The zero-order valence-electron chi connectivity index (χ0n) is 14.9. The van der Waals surface area contributed by atoms with Gasteiger partial charge in [-0.15, -0.1) is 5.10 Å². The summed E-state index contributed by atoms with van der Waals surface area (Å²) in [5, 5.41) is 8.23. The highest BCUT2D eigenvalue weighted by molar-refractivity contribution is 9.10. The molecule has 2 aliphatic heterocycles. The van der Waals surface area contributed by atoms with Gasteiger partial charge in [-0.25, -0.2) is 0 Å². The van der Waals surface area contributed by atoms with Crippen LogP contribution in [0.2, 0.25) is 0 Å². The van der Waals surface area contributed by atoms with Crippen molar-refractivity contribution in [1.29, 1.82) is 0 Å². The van der Waals surface area contributed by atoms with Crippen LogP contribution >= 0.6 is 27.7 Å². The van der Waals surface area contributed by atoms with Crippen molar-refractivity contribution >= 4 is 56.3 Å². The smallest absolute Gasteiger partial charge is 0.270 e. The lowest BCUT2D eigenvalue weighted by Gasteiger charge is -2.30. The second kappa shape index (κ2) is 6.70. The molecule has 0 saturated carbocycles. The average Bonchev–Trinajstić information content (AvgIpc) is 3.00. The molecule has 0 bridgehead atoms. The molecule has 3 amide bonds. The number of nitrogens with zero attached hydrogens (tertiary/aromatic N) is 3. The minimum absolute atomic E-state index is 0.233. The maximum absolute atomic E-state index is 13.5. The van der Waals surface area contributed by atoms with Crippen LogP contribution in [0.4, 0.5) is 5.69 Å². The molecule has 0 aliphatic carbocycles. The van der Waals surface area contributed by atoms with Gasteiger partial charge in [0.25, 0.3) is 5.91 Å². The van der Waals surface area contributed by atoms with Gasteiger partial charge in [-0.2, -0.15) is 5.01 Å². The van der Waals surface area contributed by atoms with Crippen molar-refractivity contribution < 1.29 is 14.4 Å². The lowest BCUT2D eigenvalue weighted by Crippen LogP contribution is -2.49. The molecule has 9 heteroatoms. The monoisotopic (exact) mass is 438 g/mol. The molecule has 0 radical (unpaired) electrons. The van der Waals surface area contributed by atoms with Crippen molar-refractivity contribution in [3.63, 3.8) is 0 Å². The van der Waals surface area contributed by atoms with Gasteiger partial charge in [0, 0.05) is 30.4 Å². The van der Waals surface area contributed by atoms with Crippen LogP contribution in [0, 0.1) is 5.92 Å². The molecule has 2 heterocycles. The van der Waals surface area contributed by atoms with Crippen LogP contribution in [0.25, 0.3) is 0 Å². The van der Waals surface area contributed by atoms with Crippen molar-refractivity contribution in [1.82, 2.24) is 10.3 Å². The van der Waals surface area contributed by atoms with Gasteiger partial charge >= 0.3 is 0 Å². The molecule has 26 heavy (non-hydrogen) atoms. The third-order valence-corrected chi connectivity index (χ3v) is 5.75. The highest BCUT2D eigenvalue weighted by Crippen LogP contribution is 2.55. The molecule has 1 spiro atoms. The van der Waals surface area contributed by atoms with E-state index in [4.69, 9.17) is 0 Å². The summed E-state index contributed by atoms with van der Waals surface area (Å²) in [4.78, 5) is 37.6. The predicted molar refractivity (Wildman–Crippen MR) is 104 cm³/mol. The van der Waals surface area contributed by atoms with Gasteiger partial charge in [-0.1, -0.05) is 29.8 Å². The summed E-state index contributed by atoms with van der Waals surface area (Å²) >= 11 is 4.54. The normalized spacial score (nSPS) is 21.5. The van der Waals surface area contributed by atoms with Gasteiger partial charge < -0.3 is 10.2 Å². The zero-order chi connectivity index (χ0) is 19.2. The minimum Gasteiger partial charge on any atom is -0.309 e. The second-order valence-electron chi connectivity index (χ2n) is 6.63. The number of carbonyl (C=O) groups is 3. The molecule has 0 fully saturated rings. The summed E-state index contributed by atoms with van der Waals surface area (Å²) in [5.41, 5.74) is 1.44. The number of halogens is 1. The first kappa shape index (κ1) is 18.9. The van der Waals surface area contributed by atoms with Gasteiger partial charge in [0.1, 0.15) is 0 Å². The number of carbonyl (C=O) groups excluding carboxylic acids is 3. The number of benzene rings is 1. The minimum atomic E-state index is -1.34. The van der Waals surface area contributed by atoms with Crippen molar-refractivity contribution in [3.8, 4) is 0 Å². The lowest BCUT2D eigenvalue weighted by molar-refractivity contribution is -0.139. The Balaban J connectivity index is 2.16. The van der Waals surface area contributed by atoms with Gasteiger partial charge in [0.05, 0.1) is 5.69 Å². The number of hydrogen-bond acceptors (Lipinski definition) is 5. The summed E-state index contributed by atoms with van der Waals surface area (Å²) in [6, 6.07) is 5.57. The quantitative estimate of drug-likeness (QED) is 0.768. The first-order chi connectivity index (χ1) is 12.2. The molecule has 138 valence electrons. The molecule has 0 unspecified atom stereocenters.